The molecule has 1 amide bonds. The first-order valence-corrected chi connectivity index (χ1v) is 10.2. The summed E-state index contributed by atoms with van der Waals surface area (Å²) >= 11 is 0. The van der Waals surface area contributed by atoms with Crippen molar-refractivity contribution < 1.29 is 13.2 Å². The van der Waals surface area contributed by atoms with Crippen molar-refractivity contribution in [1.82, 2.24) is 19.4 Å². The second-order valence-corrected chi connectivity index (χ2v) is 8.96. The molecule has 0 radical (unpaired) electrons. The van der Waals surface area contributed by atoms with Crippen molar-refractivity contribution in [2.24, 2.45) is 7.05 Å². The van der Waals surface area contributed by atoms with Crippen LogP contribution in [0.5, 0.6) is 0 Å². The zero-order chi connectivity index (χ0) is 19.7. The zero-order valence-corrected chi connectivity index (χ0v) is 16.4. The molecule has 0 bridgehead atoms. The summed E-state index contributed by atoms with van der Waals surface area (Å²) in [5.41, 5.74) is 1.42. The molecule has 27 heavy (non-hydrogen) atoms. The predicted molar refractivity (Wildman–Crippen MR) is 103 cm³/mol. The number of aryl methyl sites for hydroxylation is 1. The molecule has 1 saturated heterocycles. The third-order valence-corrected chi connectivity index (χ3v) is 6.96. The molecule has 8 heteroatoms. The van der Waals surface area contributed by atoms with Gasteiger partial charge in [0.25, 0.3) is 0 Å². The predicted octanol–water partition coefficient (Wildman–Crippen LogP) is 1.93. The van der Waals surface area contributed by atoms with Crippen molar-refractivity contribution in [2.75, 3.05) is 13.1 Å². The summed E-state index contributed by atoms with van der Waals surface area (Å²) in [6.07, 6.45) is 4.05. The van der Waals surface area contributed by atoms with Crippen LogP contribution in [0.1, 0.15) is 19.8 Å². The van der Waals surface area contributed by atoms with E-state index < -0.39 is 15.6 Å². The van der Waals surface area contributed by atoms with E-state index in [-0.39, 0.29) is 10.8 Å². The molecule has 1 aromatic carbocycles. The third kappa shape index (κ3) is 3.96. The fourth-order valence-corrected chi connectivity index (χ4v) is 4.74. The largest absolute Gasteiger partial charge is 0.347 e. The SMILES string of the molecule is C=CC(=O)NC1(C)CCN(S(=O)(=O)c2ccc(-c3ccnn3C)cc2)CC1. The van der Waals surface area contributed by atoms with E-state index in [2.05, 4.69) is 17.0 Å². The molecular formula is C19H24N4O3S. The molecule has 2 aromatic rings. The van der Waals surface area contributed by atoms with Gasteiger partial charge in [-0.05, 0) is 49.6 Å². The van der Waals surface area contributed by atoms with E-state index >= 15 is 0 Å². The molecule has 1 aromatic heterocycles. The molecular weight excluding hydrogens is 364 g/mol. The Morgan fingerprint density at radius 3 is 2.37 bits per heavy atom. The highest BCUT2D eigenvalue weighted by Gasteiger charge is 2.36. The smallest absolute Gasteiger partial charge is 0.243 e. The Morgan fingerprint density at radius 1 is 1.22 bits per heavy atom. The lowest BCUT2D eigenvalue weighted by Crippen LogP contribution is -2.53. The van der Waals surface area contributed by atoms with Gasteiger partial charge in [-0.3, -0.25) is 9.48 Å². The van der Waals surface area contributed by atoms with Gasteiger partial charge in [0.2, 0.25) is 15.9 Å². The van der Waals surface area contributed by atoms with Crippen molar-refractivity contribution in [3.8, 4) is 11.3 Å². The molecule has 0 atom stereocenters. The van der Waals surface area contributed by atoms with Crippen molar-refractivity contribution >= 4 is 15.9 Å². The highest BCUT2D eigenvalue weighted by atomic mass is 32.2. The normalized spacial score (nSPS) is 17.4. The van der Waals surface area contributed by atoms with Crippen molar-refractivity contribution in [1.29, 1.82) is 0 Å². The summed E-state index contributed by atoms with van der Waals surface area (Å²) in [5, 5.41) is 7.03. The minimum Gasteiger partial charge on any atom is -0.347 e. The first-order chi connectivity index (χ1) is 12.7. The van der Waals surface area contributed by atoms with Crippen LogP contribution in [0.25, 0.3) is 11.3 Å². The molecule has 0 unspecified atom stereocenters. The number of rotatable bonds is 5. The fraction of sp³-hybridized carbons (Fsp3) is 0.368. The van der Waals surface area contributed by atoms with Gasteiger partial charge in [-0.2, -0.15) is 9.40 Å². The average molecular weight is 388 g/mol. The lowest BCUT2D eigenvalue weighted by Gasteiger charge is -2.39. The number of carbonyl (C=O) groups excluding carboxylic acids is 1. The number of hydrogen-bond donors (Lipinski definition) is 1. The van der Waals surface area contributed by atoms with Crippen LogP contribution in [-0.4, -0.2) is 47.0 Å². The van der Waals surface area contributed by atoms with Crippen molar-refractivity contribution in [2.45, 2.75) is 30.2 Å². The van der Waals surface area contributed by atoms with Gasteiger partial charge in [0.15, 0.2) is 0 Å². The van der Waals surface area contributed by atoms with Crippen LogP contribution in [0.2, 0.25) is 0 Å². The number of carbonyl (C=O) groups is 1. The summed E-state index contributed by atoms with van der Waals surface area (Å²) in [6, 6.07) is 8.73. The van der Waals surface area contributed by atoms with Gasteiger partial charge in [-0.15, -0.1) is 0 Å². The Hall–Kier alpha value is -2.45. The van der Waals surface area contributed by atoms with E-state index in [1.54, 1.807) is 35.1 Å². The Kier molecular flexibility index (Phi) is 5.21. The van der Waals surface area contributed by atoms with Crippen LogP contribution in [0.15, 0.2) is 54.1 Å². The maximum absolute atomic E-state index is 12.9. The Labute approximate surface area is 159 Å². The molecule has 2 heterocycles. The standard InChI is InChI=1S/C19H24N4O3S/c1-4-18(24)21-19(2)10-13-23(14-11-19)27(25,26)16-7-5-15(6-8-16)17-9-12-20-22(17)3/h4-9,12H,1,10-11,13-14H2,2-3H3,(H,21,24). The summed E-state index contributed by atoms with van der Waals surface area (Å²) < 4.78 is 29.1. The monoisotopic (exact) mass is 388 g/mol. The maximum Gasteiger partial charge on any atom is 0.243 e. The fourth-order valence-electron chi connectivity index (χ4n) is 3.30. The Balaban J connectivity index is 1.73. The molecule has 7 nitrogen and oxygen atoms in total. The molecule has 144 valence electrons. The summed E-state index contributed by atoms with van der Waals surface area (Å²) in [5.74, 6) is -0.237. The Morgan fingerprint density at radius 2 is 1.85 bits per heavy atom. The van der Waals surface area contributed by atoms with E-state index in [0.29, 0.717) is 25.9 Å². The molecule has 0 saturated carbocycles. The lowest BCUT2D eigenvalue weighted by atomic mass is 9.90. The number of benzene rings is 1. The second kappa shape index (κ2) is 7.28. The zero-order valence-electron chi connectivity index (χ0n) is 15.6. The van der Waals surface area contributed by atoms with E-state index in [0.717, 1.165) is 11.3 Å². The number of aromatic nitrogens is 2. The number of amides is 1. The molecule has 1 fully saturated rings. The van der Waals surface area contributed by atoms with Gasteiger partial charge in [0.1, 0.15) is 0 Å². The second-order valence-electron chi connectivity index (χ2n) is 7.02. The van der Waals surface area contributed by atoms with Crippen LogP contribution < -0.4 is 5.32 Å². The van der Waals surface area contributed by atoms with E-state index in [1.807, 2.05) is 20.0 Å². The Bertz CT molecular complexity index is 940. The topological polar surface area (TPSA) is 84.3 Å². The van der Waals surface area contributed by atoms with Crippen LogP contribution >= 0.6 is 0 Å². The third-order valence-electron chi connectivity index (χ3n) is 5.05. The van der Waals surface area contributed by atoms with Crippen LogP contribution in [-0.2, 0) is 21.9 Å². The summed E-state index contributed by atoms with van der Waals surface area (Å²) in [4.78, 5) is 11.8. The minimum atomic E-state index is -3.56. The van der Waals surface area contributed by atoms with E-state index in [1.165, 1.54) is 10.4 Å². The highest BCUT2D eigenvalue weighted by Crippen LogP contribution is 2.28. The molecule has 0 spiro atoms. The van der Waals surface area contributed by atoms with Crippen LogP contribution in [0.3, 0.4) is 0 Å². The van der Waals surface area contributed by atoms with Gasteiger partial charge < -0.3 is 5.32 Å². The van der Waals surface area contributed by atoms with Gasteiger partial charge in [-0.25, -0.2) is 8.42 Å². The maximum atomic E-state index is 12.9. The first-order valence-electron chi connectivity index (χ1n) is 8.78. The van der Waals surface area contributed by atoms with E-state index in [4.69, 9.17) is 0 Å². The average Bonchev–Trinajstić information content (AvgIpc) is 3.07. The number of hydrogen-bond acceptors (Lipinski definition) is 4. The van der Waals surface area contributed by atoms with Crippen LogP contribution in [0, 0.1) is 0 Å². The highest BCUT2D eigenvalue weighted by molar-refractivity contribution is 7.89. The molecule has 1 aliphatic heterocycles. The van der Waals surface area contributed by atoms with Crippen molar-refractivity contribution in [3.05, 3.63) is 49.2 Å². The summed E-state index contributed by atoms with van der Waals surface area (Å²) in [6.45, 7) is 6.11. The number of sulfonamides is 1. The van der Waals surface area contributed by atoms with Crippen molar-refractivity contribution in [3.63, 3.8) is 0 Å². The number of piperidine rings is 1. The minimum absolute atomic E-state index is 0.237. The molecule has 3 rings (SSSR count). The lowest BCUT2D eigenvalue weighted by molar-refractivity contribution is -0.118. The van der Waals surface area contributed by atoms with Crippen LogP contribution in [0.4, 0.5) is 0 Å². The molecule has 0 aliphatic carbocycles. The van der Waals surface area contributed by atoms with Gasteiger partial charge in [0.05, 0.1) is 10.6 Å². The van der Waals surface area contributed by atoms with Gasteiger partial charge >= 0.3 is 0 Å². The molecule has 1 N–H and O–H groups in total. The van der Waals surface area contributed by atoms with Gasteiger partial charge in [-0.1, -0.05) is 18.7 Å². The quantitative estimate of drug-likeness (QED) is 0.794. The number of nitrogens with zero attached hydrogens (tertiary/aromatic N) is 3. The molecule has 1 aliphatic rings. The summed E-state index contributed by atoms with van der Waals surface area (Å²) in [7, 11) is -1.72. The van der Waals surface area contributed by atoms with E-state index in [9.17, 15) is 13.2 Å². The first kappa shape index (κ1) is 19.3. The van der Waals surface area contributed by atoms with Gasteiger partial charge in [0, 0.05) is 31.9 Å². The number of nitrogens with one attached hydrogen (secondary N) is 1.